The predicted octanol–water partition coefficient (Wildman–Crippen LogP) is 2.23. The first kappa shape index (κ1) is 10.7. The summed E-state index contributed by atoms with van der Waals surface area (Å²) in [6.07, 6.45) is 4.93. The molecule has 2 aromatic heterocycles. The highest BCUT2D eigenvalue weighted by Crippen LogP contribution is 2.15. The number of nitrogens with one attached hydrogen (secondary N) is 1. The molecule has 0 aliphatic heterocycles. The van der Waals surface area contributed by atoms with Gasteiger partial charge in [0.15, 0.2) is 0 Å². The van der Waals surface area contributed by atoms with Crippen molar-refractivity contribution in [3.63, 3.8) is 0 Å². The van der Waals surface area contributed by atoms with Gasteiger partial charge in [-0.25, -0.2) is 0 Å². The van der Waals surface area contributed by atoms with Crippen LogP contribution in [0.3, 0.4) is 0 Å². The number of aryl methyl sites for hydroxylation is 1. The summed E-state index contributed by atoms with van der Waals surface area (Å²) in [4.78, 5) is 15.8. The van der Waals surface area contributed by atoms with Crippen LogP contribution in [0.25, 0.3) is 0 Å². The molecule has 5 heteroatoms. The Morgan fingerprint density at radius 3 is 2.75 bits per heavy atom. The summed E-state index contributed by atoms with van der Waals surface area (Å²) in [5.74, 6) is -0.284. The monoisotopic (exact) mass is 235 g/mol. The molecule has 0 saturated carbocycles. The van der Waals surface area contributed by atoms with E-state index in [0.717, 1.165) is 5.69 Å². The lowest BCUT2D eigenvalue weighted by molar-refractivity contribution is 0.101. The van der Waals surface area contributed by atoms with E-state index in [1.165, 1.54) is 6.20 Å². The molecule has 0 bridgehead atoms. The molecule has 1 amide bonds. The normalized spacial score (nSPS) is 10.1. The molecule has 2 aromatic rings. The third kappa shape index (κ3) is 2.23. The maximum atomic E-state index is 11.8. The topological polar surface area (TPSA) is 46.9 Å². The van der Waals surface area contributed by atoms with E-state index in [4.69, 9.17) is 11.6 Å². The van der Waals surface area contributed by atoms with E-state index in [-0.39, 0.29) is 5.91 Å². The molecule has 0 spiro atoms. The third-order valence-corrected chi connectivity index (χ3v) is 2.38. The standard InChI is InChI=1S/C11H10ClN3O/c1-8-6-10(12)9(7-13-8)11(16)14-15-4-2-3-5-15/h2-7H,1H3,(H,14,16). The van der Waals surface area contributed by atoms with Gasteiger partial charge in [-0.3, -0.25) is 19.9 Å². The zero-order chi connectivity index (χ0) is 11.5. The van der Waals surface area contributed by atoms with E-state index in [1.807, 2.05) is 19.1 Å². The maximum absolute atomic E-state index is 11.8. The van der Waals surface area contributed by atoms with Crippen molar-refractivity contribution in [3.05, 3.63) is 53.1 Å². The van der Waals surface area contributed by atoms with Crippen LogP contribution >= 0.6 is 11.6 Å². The van der Waals surface area contributed by atoms with Crippen molar-refractivity contribution in [2.75, 3.05) is 5.43 Å². The number of nitrogens with zero attached hydrogens (tertiary/aromatic N) is 2. The molecule has 1 N–H and O–H groups in total. The van der Waals surface area contributed by atoms with E-state index in [1.54, 1.807) is 23.1 Å². The second-order valence-corrected chi connectivity index (χ2v) is 3.74. The molecule has 16 heavy (non-hydrogen) atoms. The lowest BCUT2D eigenvalue weighted by Crippen LogP contribution is -2.21. The molecule has 4 nitrogen and oxygen atoms in total. The molecule has 0 aromatic carbocycles. The first-order chi connectivity index (χ1) is 7.66. The number of carbonyl (C=O) groups excluding carboxylic acids is 1. The van der Waals surface area contributed by atoms with Crippen LogP contribution in [0.4, 0.5) is 0 Å². The van der Waals surface area contributed by atoms with Gasteiger partial charge in [-0.1, -0.05) is 11.6 Å². The summed E-state index contributed by atoms with van der Waals surface area (Å²) in [5.41, 5.74) is 3.79. The van der Waals surface area contributed by atoms with Gasteiger partial charge in [-0.05, 0) is 25.1 Å². The van der Waals surface area contributed by atoms with Crippen LogP contribution in [0.5, 0.6) is 0 Å². The number of aromatic nitrogens is 2. The van der Waals surface area contributed by atoms with E-state index < -0.39 is 0 Å². The van der Waals surface area contributed by atoms with Gasteiger partial charge in [0.2, 0.25) is 0 Å². The van der Waals surface area contributed by atoms with Crippen LogP contribution in [-0.4, -0.2) is 15.6 Å². The predicted molar refractivity (Wildman–Crippen MR) is 62.1 cm³/mol. The van der Waals surface area contributed by atoms with Crippen molar-refractivity contribution >= 4 is 17.5 Å². The molecule has 0 saturated heterocycles. The van der Waals surface area contributed by atoms with Crippen molar-refractivity contribution in [2.45, 2.75) is 6.92 Å². The fraction of sp³-hybridized carbons (Fsp3) is 0.0909. The van der Waals surface area contributed by atoms with Crippen LogP contribution < -0.4 is 5.43 Å². The van der Waals surface area contributed by atoms with E-state index in [0.29, 0.717) is 10.6 Å². The number of hydrogen-bond donors (Lipinski definition) is 1. The fourth-order valence-electron chi connectivity index (χ4n) is 1.28. The Hall–Kier alpha value is -1.81. The first-order valence-corrected chi connectivity index (χ1v) is 5.11. The van der Waals surface area contributed by atoms with E-state index in [2.05, 4.69) is 10.4 Å². The van der Waals surface area contributed by atoms with Gasteiger partial charge in [0.05, 0.1) is 10.6 Å². The lowest BCUT2D eigenvalue weighted by atomic mass is 10.2. The van der Waals surface area contributed by atoms with E-state index >= 15 is 0 Å². The summed E-state index contributed by atoms with van der Waals surface area (Å²) in [5, 5.41) is 0.400. The summed E-state index contributed by atoms with van der Waals surface area (Å²) in [6.45, 7) is 1.82. The van der Waals surface area contributed by atoms with Gasteiger partial charge in [0.1, 0.15) is 0 Å². The SMILES string of the molecule is Cc1cc(Cl)c(C(=O)Nn2cccc2)cn1. The molecule has 0 fully saturated rings. The molecule has 0 unspecified atom stereocenters. The second kappa shape index (κ2) is 4.37. The minimum absolute atomic E-state index is 0.284. The molecule has 0 aliphatic carbocycles. The Labute approximate surface area is 97.8 Å². The smallest absolute Gasteiger partial charge is 0.268 e. The first-order valence-electron chi connectivity index (χ1n) is 4.73. The zero-order valence-corrected chi connectivity index (χ0v) is 9.40. The average molecular weight is 236 g/mol. The minimum atomic E-state index is -0.284. The quantitative estimate of drug-likeness (QED) is 0.868. The van der Waals surface area contributed by atoms with Crippen LogP contribution in [0.2, 0.25) is 5.02 Å². The highest BCUT2D eigenvalue weighted by molar-refractivity contribution is 6.34. The van der Waals surface area contributed by atoms with Crippen molar-refractivity contribution in [1.29, 1.82) is 0 Å². The number of hydrogen-bond acceptors (Lipinski definition) is 2. The number of rotatable bonds is 2. The Balaban J connectivity index is 2.21. The minimum Gasteiger partial charge on any atom is -0.268 e. The Bertz CT molecular complexity index is 508. The van der Waals surface area contributed by atoms with Crippen molar-refractivity contribution < 1.29 is 4.79 Å². The summed E-state index contributed by atoms with van der Waals surface area (Å²) in [7, 11) is 0. The van der Waals surface area contributed by atoms with Crippen LogP contribution in [0.1, 0.15) is 16.1 Å². The second-order valence-electron chi connectivity index (χ2n) is 3.34. The van der Waals surface area contributed by atoms with Crippen molar-refractivity contribution in [2.24, 2.45) is 0 Å². The van der Waals surface area contributed by atoms with Gasteiger partial charge in [-0.15, -0.1) is 0 Å². The van der Waals surface area contributed by atoms with Gasteiger partial charge in [0, 0.05) is 24.3 Å². The van der Waals surface area contributed by atoms with Crippen molar-refractivity contribution in [3.8, 4) is 0 Å². The van der Waals surface area contributed by atoms with Gasteiger partial charge >= 0.3 is 0 Å². The summed E-state index contributed by atoms with van der Waals surface area (Å²) < 4.78 is 1.55. The number of halogens is 1. The number of pyridine rings is 1. The third-order valence-electron chi connectivity index (χ3n) is 2.07. The van der Waals surface area contributed by atoms with E-state index in [9.17, 15) is 4.79 Å². The Morgan fingerprint density at radius 1 is 1.44 bits per heavy atom. The average Bonchev–Trinajstić information content (AvgIpc) is 2.70. The molecule has 0 aliphatic rings. The highest BCUT2D eigenvalue weighted by Gasteiger charge is 2.10. The Morgan fingerprint density at radius 2 is 2.12 bits per heavy atom. The van der Waals surface area contributed by atoms with Crippen LogP contribution in [0.15, 0.2) is 36.8 Å². The van der Waals surface area contributed by atoms with Gasteiger partial charge in [-0.2, -0.15) is 0 Å². The molecule has 82 valence electrons. The number of carbonyl (C=O) groups is 1. The fourth-order valence-corrected chi connectivity index (χ4v) is 1.57. The van der Waals surface area contributed by atoms with Crippen LogP contribution in [0, 0.1) is 6.92 Å². The summed E-state index contributed by atoms with van der Waals surface area (Å²) in [6, 6.07) is 5.29. The van der Waals surface area contributed by atoms with Gasteiger partial charge < -0.3 is 0 Å². The largest absolute Gasteiger partial charge is 0.273 e. The van der Waals surface area contributed by atoms with Crippen molar-refractivity contribution in [1.82, 2.24) is 9.66 Å². The Kier molecular flexibility index (Phi) is 2.92. The number of amides is 1. The molecule has 2 rings (SSSR count). The maximum Gasteiger partial charge on any atom is 0.273 e. The molecular formula is C11H10ClN3O. The summed E-state index contributed by atoms with van der Waals surface area (Å²) >= 11 is 5.95. The highest BCUT2D eigenvalue weighted by atomic mass is 35.5. The van der Waals surface area contributed by atoms with Crippen LogP contribution in [-0.2, 0) is 0 Å². The lowest BCUT2D eigenvalue weighted by Gasteiger charge is -2.07. The molecule has 2 heterocycles. The zero-order valence-electron chi connectivity index (χ0n) is 8.64. The molecular weight excluding hydrogens is 226 g/mol. The molecule has 0 radical (unpaired) electrons. The molecule has 0 atom stereocenters. The van der Waals surface area contributed by atoms with Gasteiger partial charge in [0.25, 0.3) is 5.91 Å².